The molecule has 1 fully saturated rings. The molecule has 20 heavy (non-hydrogen) atoms. The van der Waals surface area contributed by atoms with E-state index in [4.69, 9.17) is 0 Å². The van der Waals surface area contributed by atoms with Crippen molar-refractivity contribution in [2.75, 3.05) is 5.32 Å². The average molecular weight is 383 g/mol. The van der Waals surface area contributed by atoms with Crippen LogP contribution in [0.2, 0.25) is 0 Å². The Kier molecular flexibility index (Phi) is 3.96. The number of aromatic nitrogens is 2. The molecular formula is C15H18IN3O. The van der Waals surface area contributed by atoms with Gasteiger partial charge in [-0.1, -0.05) is 12.8 Å². The number of hydrogen-bond donors (Lipinski definition) is 1. The van der Waals surface area contributed by atoms with Crippen LogP contribution < -0.4 is 10.7 Å². The van der Waals surface area contributed by atoms with Gasteiger partial charge in [0, 0.05) is 18.8 Å². The van der Waals surface area contributed by atoms with Gasteiger partial charge >= 0.3 is 0 Å². The van der Waals surface area contributed by atoms with Crippen LogP contribution in [0.1, 0.15) is 32.6 Å². The first-order valence-corrected chi connectivity index (χ1v) is 8.22. The molecule has 106 valence electrons. The third-order valence-corrected chi connectivity index (χ3v) is 4.70. The molecule has 1 saturated carbocycles. The second-order valence-corrected chi connectivity index (χ2v) is 6.48. The molecule has 0 amide bonds. The summed E-state index contributed by atoms with van der Waals surface area (Å²) in [7, 11) is 0. The number of aryl methyl sites for hydroxylation is 1. The molecule has 2 aromatic rings. The summed E-state index contributed by atoms with van der Waals surface area (Å²) in [5.41, 5.74) is 1.81. The fraction of sp³-hybridized carbons (Fsp3) is 0.467. The van der Waals surface area contributed by atoms with Gasteiger partial charge in [0.05, 0.1) is 20.8 Å². The van der Waals surface area contributed by atoms with E-state index >= 15 is 0 Å². The van der Waals surface area contributed by atoms with Crippen molar-refractivity contribution in [1.29, 1.82) is 0 Å². The van der Waals surface area contributed by atoms with Gasteiger partial charge in [-0.05, 0) is 48.4 Å². The molecule has 0 aromatic carbocycles. The molecule has 0 aliphatic heterocycles. The Labute approximate surface area is 131 Å². The summed E-state index contributed by atoms with van der Waals surface area (Å²) >= 11 is 2.10. The van der Waals surface area contributed by atoms with Gasteiger partial charge < -0.3 is 9.88 Å². The fourth-order valence-corrected chi connectivity index (χ4v) is 3.49. The molecule has 0 saturated heterocycles. The minimum atomic E-state index is 0.0767. The number of nitrogens with zero attached hydrogens (tertiary/aromatic N) is 2. The number of halogens is 1. The second kappa shape index (κ2) is 5.71. The first-order chi connectivity index (χ1) is 9.69. The Bertz CT molecular complexity index is 689. The summed E-state index contributed by atoms with van der Waals surface area (Å²) in [6, 6.07) is 2.49. The van der Waals surface area contributed by atoms with Crippen molar-refractivity contribution < 1.29 is 0 Å². The van der Waals surface area contributed by atoms with Crippen LogP contribution in [0, 0.1) is 3.57 Å². The van der Waals surface area contributed by atoms with Crippen molar-refractivity contribution in [1.82, 2.24) is 9.55 Å². The van der Waals surface area contributed by atoms with Crippen molar-refractivity contribution in [3.63, 3.8) is 0 Å². The Hall–Kier alpha value is -1.11. The van der Waals surface area contributed by atoms with Crippen LogP contribution in [-0.4, -0.2) is 15.6 Å². The number of rotatable bonds is 3. The van der Waals surface area contributed by atoms with Crippen LogP contribution in [0.15, 0.2) is 23.3 Å². The Morgan fingerprint density at radius 2 is 2.20 bits per heavy atom. The standard InChI is InChI=1S/C15H18IN3O/c1-2-19-9-13(16)14(20)12-7-11(8-17-15(12)19)18-10-5-3-4-6-10/h7-10,18H,2-6H2,1H3. The maximum Gasteiger partial charge on any atom is 0.204 e. The van der Waals surface area contributed by atoms with E-state index < -0.39 is 0 Å². The van der Waals surface area contributed by atoms with Crippen molar-refractivity contribution in [3.8, 4) is 0 Å². The summed E-state index contributed by atoms with van der Waals surface area (Å²) in [4.78, 5) is 16.8. The highest BCUT2D eigenvalue weighted by atomic mass is 127. The number of nitrogens with one attached hydrogen (secondary N) is 1. The molecule has 0 bridgehead atoms. The molecule has 0 atom stereocenters. The second-order valence-electron chi connectivity index (χ2n) is 5.31. The van der Waals surface area contributed by atoms with Gasteiger partial charge in [-0.25, -0.2) is 4.98 Å². The minimum Gasteiger partial charge on any atom is -0.381 e. The van der Waals surface area contributed by atoms with E-state index in [0.717, 1.165) is 21.4 Å². The van der Waals surface area contributed by atoms with Crippen LogP contribution in [0.25, 0.3) is 11.0 Å². The van der Waals surface area contributed by atoms with E-state index in [9.17, 15) is 4.79 Å². The van der Waals surface area contributed by atoms with E-state index in [-0.39, 0.29) is 5.43 Å². The molecule has 3 rings (SSSR count). The average Bonchev–Trinajstić information content (AvgIpc) is 2.96. The molecule has 2 aromatic heterocycles. The van der Waals surface area contributed by atoms with Gasteiger partial charge in [0.1, 0.15) is 5.65 Å². The summed E-state index contributed by atoms with van der Waals surface area (Å²) in [6.45, 7) is 2.88. The Balaban J connectivity index is 2.05. The third-order valence-electron chi connectivity index (χ3n) is 3.94. The normalized spacial score (nSPS) is 15.9. The lowest BCUT2D eigenvalue weighted by molar-refractivity contribution is 0.753. The maximum atomic E-state index is 12.3. The summed E-state index contributed by atoms with van der Waals surface area (Å²) in [5.74, 6) is 0. The van der Waals surface area contributed by atoms with Crippen molar-refractivity contribution in [2.24, 2.45) is 0 Å². The number of pyridine rings is 2. The van der Waals surface area contributed by atoms with Crippen LogP contribution in [-0.2, 0) is 6.54 Å². The zero-order valence-corrected chi connectivity index (χ0v) is 13.7. The fourth-order valence-electron chi connectivity index (χ4n) is 2.86. The molecule has 4 nitrogen and oxygen atoms in total. The third kappa shape index (κ3) is 2.55. The van der Waals surface area contributed by atoms with Gasteiger partial charge in [-0.2, -0.15) is 0 Å². The number of fused-ring (bicyclic) bond motifs is 1. The van der Waals surface area contributed by atoms with Crippen LogP contribution in [0.4, 0.5) is 5.69 Å². The summed E-state index contributed by atoms with van der Waals surface area (Å²) in [5, 5.41) is 4.21. The zero-order chi connectivity index (χ0) is 14.1. The minimum absolute atomic E-state index is 0.0767. The predicted octanol–water partition coefficient (Wildman–Crippen LogP) is 3.38. The smallest absolute Gasteiger partial charge is 0.204 e. The van der Waals surface area contributed by atoms with Crippen molar-refractivity contribution >= 4 is 39.3 Å². The molecule has 0 spiro atoms. The first-order valence-electron chi connectivity index (χ1n) is 7.14. The van der Waals surface area contributed by atoms with Gasteiger partial charge in [-0.3, -0.25) is 4.79 Å². The molecular weight excluding hydrogens is 365 g/mol. The van der Waals surface area contributed by atoms with Crippen LogP contribution in [0.3, 0.4) is 0 Å². The molecule has 0 unspecified atom stereocenters. The lowest BCUT2D eigenvalue weighted by Gasteiger charge is -2.14. The van der Waals surface area contributed by atoms with Gasteiger partial charge in [0.15, 0.2) is 0 Å². The quantitative estimate of drug-likeness (QED) is 0.827. The van der Waals surface area contributed by atoms with E-state index in [1.807, 2.05) is 23.0 Å². The van der Waals surface area contributed by atoms with Crippen LogP contribution in [0.5, 0.6) is 0 Å². The summed E-state index contributed by atoms with van der Waals surface area (Å²) < 4.78 is 2.77. The highest BCUT2D eigenvalue weighted by molar-refractivity contribution is 14.1. The zero-order valence-electron chi connectivity index (χ0n) is 11.5. The molecule has 1 aliphatic carbocycles. The van der Waals surface area contributed by atoms with Crippen molar-refractivity contribution in [2.45, 2.75) is 45.2 Å². The topological polar surface area (TPSA) is 46.9 Å². The molecule has 0 radical (unpaired) electrons. The summed E-state index contributed by atoms with van der Waals surface area (Å²) in [6.07, 6.45) is 8.73. The monoisotopic (exact) mass is 383 g/mol. The van der Waals surface area contributed by atoms with E-state index in [0.29, 0.717) is 11.4 Å². The van der Waals surface area contributed by atoms with E-state index in [1.54, 1.807) is 0 Å². The van der Waals surface area contributed by atoms with E-state index in [1.165, 1.54) is 25.7 Å². The molecule has 2 heterocycles. The van der Waals surface area contributed by atoms with Crippen molar-refractivity contribution in [3.05, 3.63) is 32.3 Å². The largest absolute Gasteiger partial charge is 0.381 e. The highest BCUT2D eigenvalue weighted by Crippen LogP contribution is 2.23. The predicted molar refractivity (Wildman–Crippen MR) is 90.3 cm³/mol. The van der Waals surface area contributed by atoms with Crippen LogP contribution >= 0.6 is 22.6 Å². The Morgan fingerprint density at radius 3 is 2.90 bits per heavy atom. The van der Waals surface area contributed by atoms with E-state index in [2.05, 4.69) is 39.8 Å². The van der Waals surface area contributed by atoms with Gasteiger partial charge in [-0.15, -0.1) is 0 Å². The molecule has 1 aliphatic rings. The SMILES string of the molecule is CCn1cc(I)c(=O)c2cc(NC3CCCC3)cnc21. The van der Waals surface area contributed by atoms with Gasteiger partial charge in [0.25, 0.3) is 0 Å². The molecule has 1 N–H and O–H groups in total. The van der Waals surface area contributed by atoms with Gasteiger partial charge in [0.2, 0.25) is 5.43 Å². The Morgan fingerprint density at radius 1 is 1.45 bits per heavy atom. The lowest BCUT2D eigenvalue weighted by atomic mass is 10.2. The highest BCUT2D eigenvalue weighted by Gasteiger charge is 2.15. The number of anilines is 1. The number of hydrogen-bond acceptors (Lipinski definition) is 3. The first kappa shape index (κ1) is 13.9. The molecule has 5 heteroatoms. The maximum absolute atomic E-state index is 12.3. The lowest BCUT2D eigenvalue weighted by Crippen LogP contribution is -2.17.